The van der Waals surface area contributed by atoms with Crippen LogP contribution in [0.4, 0.5) is 4.39 Å². The van der Waals surface area contributed by atoms with Gasteiger partial charge in [0.15, 0.2) is 17.5 Å². The van der Waals surface area contributed by atoms with Crippen molar-refractivity contribution in [2.24, 2.45) is 4.99 Å². The van der Waals surface area contributed by atoms with Gasteiger partial charge in [-0.2, -0.15) is 0 Å². The molecule has 0 aromatic heterocycles. The van der Waals surface area contributed by atoms with Crippen LogP contribution in [0.3, 0.4) is 0 Å². The number of hydrogen-bond donors (Lipinski definition) is 2. The lowest BCUT2D eigenvalue weighted by atomic mass is 10.1. The van der Waals surface area contributed by atoms with Gasteiger partial charge in [0.1, 0.15) is 5.82 Å². The minimum atomic E-state index is -0.194. The van der Waals surface area contributed by atoms with Crippen molar-refractivity contribution in [1.29, 1.82) is 0 Å². The topological polar surface area (TPSA) is 67.4 Å². The van der Waals surface area contributed by atoms with E-state index in [-0.39, 0.29) is 29.8 Å². The summed E-state index contributed by atoms with van der Waals surface area (Å²) in [6.07, 6.45) is 0. The highest BCUT2D eigenvalue weighted by Gasteiger charge is 2.13. The number of halogens is 2. The van der Waals surface area contributed by atoms with E-state index >= 15 is 0 Å². The Morgan fingerprint density at radius 1 is 0.969 bits per heavy atom. The molecule has 0 bridgehead atoms. The van der Waals surface area contributed by atoms with Crippen LogP contribution in [0.25, 0.3) is 0 Å². The summed E-state index contributed by atoms with van der Waals surface area (Å²) in [5.41, 5.74) is 2.57. The van der Waals surface area contributed by atoms with E-state index in [1.165, 1.54) is 6.07 Å². The molecule has 0 unspecified atom stereocenters. The monoisotopic (exact) mass is 560 g/mol. The van der Waals surface area contributed by atoms with Gasteiger partial charge in [0.05, 0.1) is 27.9 Å². The van der Waals surface area contributed by atoms with Gasteiger partial charge in [-0.1, -0.05) is 6.07 Å². The van der Waals surface area contributed by atoms with E-state index in [1.54, 1.807) is 27.4 Å². The molecular weight excluding hydrogens is 526 g/mol. The van der Waals surface area contributed by atoms with Crippen LogP contribution < -0.4 is 24.8 Å². The predicted octanol–water partition coefficient (Wildman–Crippen LogP) is 3.79. The summed E-state index contributed by atoms with van der Waals surface area (Å²) in [7, 11) is 8.59. The summed E-state index contributed by atoms with van der Waals surface area (Å²) in [6.45, 7) is 4.22. The molecule has 0 saturated heterocycles. The molecule has 0 radical (unpaired) electrons. The van der Waals surface area contributed by atoms with Crippen LogP contribution in [0, 0.1) is 5.82 Å². The average molecular weight is 560 g/mol. The molecule has 0 fully saturated rings. The lowest BCUT2D eigenvalue weighted by molar-refractivity contribution is 0.324. The molecule has 2 aromatic carbocycles. The summed E-state index contributed by atoms with van der Waals surface area (Å²) in [5, 5.41) is 6.53. The number of aliphatic imine (C=N–C) groups is 1. The van der Waals surface area contributed by atoms with Gasteiger partial charge < -0.3 is 29.7 Å². The van der Waals surface area contributed by atoms with Crippen molar-refractivity contribution in [3.8, 4) is 17.2 Å². The Balaban J connectivity index is 0.00000512. The molecule has 0 heterocycles. The zero-order valence-corrected chi connectivity index (χ0v) is 22.0. The van der Waals surface area contributed by atoms with E-state index in [0.29, 0.717) is 48.4 Å². The lowest BCUT2D eigenvalue weighted by Crippen LogP contribution is -2.36. The molecule has 2 N–H and O–H groups in total. The van der Waals surface area contributed by atoms with E-state index < -0.39 is 0 Å². The zero-order chi connectivity index (χ0) is 22.8. The Bertz CT molecular complexity index is 869. The number of nitrogens with zero attached hydrogens (tertiary/aromatic N) is 2. The minimum absolute atomic E-state index is 0. The molecule has 0 aliphatic carbocycles. The highest BCUT2D eigenvalue weighted by molar-refractivity contribution is 14.0. The second kappa shape index (κ2) is 14.0. The van der Waals surface area contributed by atoms with Gasteiger partial charge in [0.25, 0.3) is 0 Å². The summed E-state index contributed by atoms with van der Waals surface area (Å²) in [4.78, 5) is 6.60. The number of ether oxygens (including phenoxy) is 3. The maximum absolute atomic E-state index is 14.0. The zero-order valence-electron chi connectivity index (χ0n) is 19.6. The molecule has 0 atom stereocenters. The molecule has 0 aliphatic rings. The Morgan fingerprint density at radius 3 is 2.16 bits per heavy atom. The van der Waals surface area contributed by atoms with E-state index in [9.17, 15) is 4.39 Å². The Morgan fingerprint density at radius 2 is 1.62 bits per heavy atom. The van der Waals surface area contributed by atoms with Crippen molar-refractivity contribution in [2.75, 3.05) is 42.0 Å². The first-order chi connectivity index (χ1) is 14.9. The molecule has 0 amide bonds. The molecule has 32 heavy (non-hydrogen) atoms. The molecule has 2 aromatic rings. The van der Waals surface area contributed by atoms with Gasteiger partial charge in [-0.15, -0.1) is 24.0 Å². The van der Waals surface area contributed by atoms with Crippen LogP contribution in [-0.4, -0.2) is 52.8 Å². The van der Waals surface area contributed by atoms with Crippen molar-refractivity contribution in [3.63, 3.8) is 0 Å². The fraction of sp³-hybridized carbons (Fsp3) is 0.435. The van der Waals surface area contributed by atoms with Gasteiger partial charge in [-0.3, -0.25) is 0 Å². The Labute approximate surface area is 207 Å². The van der Waals surface area contributed by atoms with Gasteiger partial charge in [0, 0.05) is 25.2 Å². The maximum Gasteiger partial charge on any atom is 0.203 e. The van der Waals surface area contributed by atoms with E-state index in [0.717, 1.165) is 17.7 Å². The second-order valence-electron chi connectivity index (χ2n) is 7.25. The number of guanidine groups is 1. The fourth-order valence-corrected chi connectivity index (χ4v) is 3.12. The number of nitrogens with one attached hydrogen (secondary N) is 2. The lowest BCUT2D eigenvalue weighted by Gasteiger charge is -2.15. The molecule has 2 rings (SSSR count). The van der Waals surface area contributed by atoms with Crippen LogP contribution in [-0.2, 0) is 19.6 Å². The number of benzene rings is 2. The molecule has 0 saturated carbocycles. The summed E-state index contributed by atoms with van der Waals surface area (Å²) in [6, 6.07) is 8.93. The Hall–Kier alpha value is -2.27. The second-order valence-corrected chi connectivity index (χ2v) is 7.25. The standard InChI is InChI=1S/C23H33FN4O3.HI/c1-7-25-23(26-13-16-8-9-19(24)18(10-16)15-28(2)3)27-14-17-11-20(29-4)22(31-6)21(12-17)30-5;/h8-12H,7,13-15H2,1-6H3,(H2,25,26,27);1H. The predicted molar refractivity (Wildman–Crippen MR) is 137 cm³/mol. The third-order valence-electron chi connectivity index (χ3n) is 4.55. The van der Waals surface area contributed by atoms with Crippen molar-refractivity contribution < 1.29 is 18.6 Å². The number of hydrogen-bond acceptors (Lipinski definition) is 5. The van der Waals surface area contributed by atoms with Crippen molar-refractivity contribution >= 4 is 29.9 Å². The van der Waals surface area contributed by atoms with Crippen LogP contribution in [0.15, 0.2) is 35.3 Å². The van der Waals surface area contributed by atoms with Crippen LogP contribution in [0.1, 0.15) is 23.6 Å². The summed E-state index contributed by atoms with van der Waals surface area (Å²) >= 11 is 0. The third-order valence-corrected chi connectivity index (χ3v) is 4.55. The molecular formula is C23H34FIN4O3. The normalized spacial score (nSPS) is 11.1. The van der Waals surface area contributed by atoms with Gasteiger partial charge in [0.2, 0.25) is 5.75 Å². The van der Waals surface area contributed by atoms with Crippen LogP contribution >= 0.6 is 24.0 Å². The van der Waals surface area contributed by atoms with E-state index in [2.05, 4.69) is 15.6 Å². The van der Waals surface area contributed by atoms with E-state index in [1.807, 2.05) is 44.1 Å². The number of methoxy groups -OCH3 is 3. The SMILES string of the molecule is CCNC(=NCc1cc(OC)c(OC)c(OC)c1)NCc1ccc(F)c(CN(C)C)c1.I. The maximum atomic E-state index is 14.0. The Kier molecular flexibility index (Phi) is 12.1. The van der Waals surface area contributed by atoms with Crippen LogP contribution in [0.5, 0.6) is 17.2 Å². The molecule has 0 aliphatic heterocycles. The van der Waals surface area contributed by atoms with Crippen LogP contribution in [0.2, 0.25) is 0 Å². The fourth-order valence-electron chi connectivity index (χ4n) is 3.12. The first kappa shape index (κ1) is 27.8. The summed E-state index contributed by atoms with van der Waals surface area (Å²) in [5.74, 6) is 2.19. The summed E-state index contributed by atoms with van der Waals surface area (Å²) < 4.78 is 30.2. The average Bonchev–Trinajstić information content (AvgIpc) is 2.76. The highest BCUT2D eigenvalue weighted by atomic mass is 127. The van der Waals surface area contributed by atoms with Crippen molar-refractivity contribution in [1.82, 2.24) is 15.5 Å². The molecule has 7 nitrogen and oxygen atoms in total. The number of rotatable bonds is 10. The third kappa shape index (κ3) is 8.01. The minimum Gasteiger partial charge on any atom is -0.493 e. The van der Waals surface area contributed by atoms with Gasteiger partial charge in [-0.25, -0.2) is 9.38 Å². The largest absolute Gasteiger partial charge is 0.493 e. The smallest absolute Gasteiger partial charge is 0.203 e. The quantitative estimate of drug-likeness (QED) is 0.262. The van der Waals surface area contributed by atoms with Gasteiger partial charge >= 0.3 is 0 Å². The first-order valence-electron chi connectivity index (χ1n) is 10.1. The highest BCUT2D eigenvalue weighted by Crippen LogP contribution is 2.38. The van der Waals surface area contributed by atoms with Crippen molar-refractivity contribution in [3.05, 3.63) is 52.8 Å². The van der Waals surface area contributed by atoms with Crippen molar-refractivity contribution in [2.45, 2.75) is 26.6 Å². The molecule has 0 spiro atoms. The van der Waals surface area contributed by atoms with Gasteiger partial charge in [-0.05, 0) is 56.4 Å². The molecule has 178 valence electrons. The molecule has 9 heteroatoms. The first-order valence-corrected chi connectivity index (χ1v) is 10.1. The van der Waals surface area contributed by atoms with E-state index in [4.69, 9.17) is 14.2 Å².